The predicted molar refractivity (Wildman–Crippen MR) is 87.2 cm³/mol. The molecule has 1 amide bonds. The van der Waals surface area contributed by atoms with Crippen LogP contribution in [0.5, 0.6) is 11.5 Å². The predicted octanol–water partition coefficient (Wildman–Crippen LogP) is 2.03. The molecule has 0 spiro atoms. The third kappa shape index (κ3) is 3.32. The molecule has 0 aliphatic carbocycles. The van der Waals surface area contributed by atoms with E-state index in [9.17, 15) is 9.59 Å². The second-order valence-electron chi connectivity index (χ2n) is 5.20. The monoisotopic (exact) mass is 327 g/mol. The van der Waals surface area contributed by atoms with Crippen molar-refractivity contribution in [2.24, 2.45) is 0 Å². The molecule has 0 fully saturated rings. The van der Waals surface area contributed by atoms with Gasteiger partial charge in [-0.25, -0.2) is 4.79 Å². The molecule has 0 aromatic heterocycles. The number of hydrogen-bond donors (Lipinski definition) is 0. The van der Waals surface area contributed by atoms with E-state index in [1.54, 1.807) is 36.4 Å². The molecule has 3 rings (SSSR count). The first-order valence-corrected chi connectivity index (χ1v) is 7.51. The van der Waals surface area contributed by atoms with Gasteiger partial charge in [-0.2, -0.15) is 0 Å². The quantitative estimate of drug-likeness (QED) is 0.804. The van der Waals surface area contributed by atoms with E-state index in [4.69, 9.17) is 14.2 Å². The maximum atomic E-state index is 12.6. The molecule has 0 saturated carbocycles. The number of fused-ring (bicyclic) bond motifs is 1. The number of rotatable bonds is 4. The average Bonchev–Trinajstić information content (AvgIpc) is 2.65. The van der Waals surface area contributed by atoms with Crippen LogP contribution in [0.15, 0.2) is 54.6 Å². The molecule has 2 aromatic rings. The number of hydrogen-bond acceptors (Lipinski definition) is 5. The fraction of sp³-hybridized carbons (Fsp3) is 0.222. The summed E-state index contributed by atoms with van der Waals surface area (Å²) < 4.78 is 15.9. The van der Waals surface area contributed by atoms with Crippen LogP contribution in [-0.4, -0.2) is 38.2 Å². The minimum atomic E-state index is -0.856. The van der Waals surface area contributed by atoms with Crippen molar-refractivity contribution in [3.05, 3.63) is 54.6 Å². The Morgan fingerprint density at radius 1 is 1.12 bits per heavy atom. The van der Waals surface area contributed by atoms with Crippen LogP contribution in [0, 0.1) is 0 Å². The minimum Gasteiger partial charge on any atom is -0.484 e. The van der Waals surface area contributed by atoms with E-state index in [-0.39, 0.29) is 19.1 Å². The van der Waals surface area contributed by atoms with Gasteiger partial charge in [-0.05, 0) is 24.3 Å². The van der Waals surface area contributed by atoms with Crippen molar-refractivity contribution in [1.29, 1.82) is 0 Å². The number of methoxy groups -OCH3 is 1. The highest BCUT2D eigenvalue weighted by Crippen LogP contribution is 2.33. The molecule has 6 heteroatoms. The summed E-state index contributed by atoms with van der Waals surface area (Å²) in [6.07, 6.45) is -0.856. The third-order valence-electron chi connectivity index (χ3n) is 3.64. The number of para-hydroxylation sites is 3. The van der Waals surface area contributed by atoms with E-state index in [0.29, 0.717) is 17.2 Å². The molecular formula is C18H17NO5. The molecule has 0 radical (unpaired) electrons. The van der Waals surface area contributed by atoms with Crippen molar-refractivity contribution in [3.8, 4) is 11.5 Å². The van der Waals surface area contributed by atoms with Crippen LogP contribution in [0.2, 0.25) is 0 Å². The zero-order chi connectivity index (χ0) is 16.9. The van der Waals surface area contributed by atoms with E-state index >= 15 is 0 Å². The van der Waals surface area contributed by atoms with Gasteiger partial charge in [0.25, 0.3) is 5.91 Å². The van der Waals surface area contributed by atoms with Gasteiger partial charge in [-0.1, -0.05) is 30.3 Å². The normalized spacial score (nSPS) is 15.9. The Bertz CT molecular complexity index is 731. The van der Waals surface area contributed by atoms with Crippen molar-refractivity contribution in [2.45, 2.75) is 6.10 Å². The van der Waals surface area contributed by atoms with Crippen molar-refractivity contribution in [1.82, 2.24) is 0 Å². The molecule has 1 aliphatic rings. The number of anilines is 1. The van der Waals surface area contributed by atoms with E-state index < -0.39 is 12.1 Å². The number of esters is 1. The zero-order valence-electron chi connectivity index (χ0n) is 13.2. The summed E-state index contributed by atoms with van der Waals surface area (Å²) in [7, 11) is 1.29. The second-order valence-corrected chi connectivity index (χ2v) is 5.20. The summed E-state index contributed by atoms with van der Waals surface area (Å²) in [5, 5.41) is 0. The van der Waals surface area contributed by atoms with E-state index in [2.05, 4.69) is 0 Å². The van der Waals surface area contributed by atoms with Crippen LogP contribution in [-0.2, 0) is 14.3 Å². The van der Waals surface area contributed by atoms with Gasteiger partial charge in [0.1, 0.15) is 11.5 Å². The van der Waals surface area contributed by atoms with E-state index in [1.807, 2.05) is 18.2 Å². The highest BCUT2D eigenvalue weighted by atomic mass is 16.6. The fourth-order valence-corrected chi connectivity index (χ4v) is 2.46. The van der Waals surface area contributed by atoms with Gasteiger partial charge in [-0.15, -0.1) is 0 Å². The van der Waals surface area contributed by atoms with Gasteiger partial charge in [0.15, 0.2) is 6.61 Å². The van der Waals surface area contributed by atoms with Gasteiger partial charge in [-0.3, -0.25) is 4.79 Å². The Morgan fingerprint density at radius 3 is 2.58 bits per heavy atom. The molecule has 6 nitrogen and oxygen atoms in total. The van der Waals surface area contributed by atoms with Crippen LogP contribution >= 0.6 is 0 Å². The number of nitrogens with zero attached hydrogens (tertiary/aromatic N) is 1. The van der Waals surface area contributed by atoms with Gasteiger partial charge in [0, 0.05) is 0 Å². The van der Waals surface area contributed by atoms with Crippen molar-refractivity contribution >= 4 is 17.6 Å². The summed E-state index contributed by atoms with van der Waals surface area (Å²) >= 11 is 0. The summed E-state index contributed by atoms with van der Waals surface area (Å²) in [5.41, 5.74) is 0.610. The first-order valence-electron chi connectivity index (χ1n) is 7.51. The molecule has 1 aliphatic heterocycles. The fourth-order valence-electron chi connectivity index (χ4n) is 2.46. The van der Waals surface area contributed by atoms with Crippen LogP contribution in [0.3, 0.4) is 0 Å². The SMILES string of the molecule is COC(=O)[C@H]1CN(C(=O)COc2ccccc2)c2ccccc2O1. The topological polar surface area (TPSA) is 65.1 Å². The summed E-state index contributed by atoms with van der Waals surface area (Å²) in [6.45, 7) is -0.0487. The third-order valence-corrected chi connectivity index (χ3v) is 3.64. The molecule has 1 heterocycles. The van der Waals surface area contributed by atoms with Crippen LogP contribution in [0.4, 0.5) is 5.69 Å². The first kappa shape index (κ1) is 15.9. The summed E-state index contributed by atoms with van der Waals surface area (Å²) in [4.78, 5) is 25.9. The van der Waals surface area contributed by atoms with Crippen molar-refractivity contribution in [2.75, 3.05) is 25.2 Å². The van der Waals surface area contributed by atoms with Crippen LogP contribution < -0.4 is 14.4 Å². The molecule has 124 valence electrons. The lowest BCUT2D eigenvalue weighted by Crippen LogP contribution is -2.48. The molecule has 1 atom stereocenters. The smallest absolute Gasteiger partial charge is 0.348 e. The van der Waals surface area contributed by atoms with E-state index in [1.165, 1.54) is 12.0 Å². The molecule has 0 bridgehead atoms. The Kier molecular flexibility index (Phi) is 4.65. The Balaban J connectivity index is 1.77. The lowest BCUT2D eigenvalue weighted by atomic mass is 10.2. The standard InChI is InChI=1S/C18H17NO5/c1-22-18(21)16-11-19(14-9-5-6-10-15(14)24-16)17(20)12-23-13-7-3-2-4-8-13/h2-10,16H,11-12H2,1H3/t16-/m1/s1. The summed E-state index contributed by atoms with van der Waals surface area (Å²) in [5.74, 6) is 0.291. The highest BCUT2D eigenvalue weighted by molar-refractivity contribution is 5.97. The van der Waals surface area contributed by atoms with Crippen molar-refractivity contribution in [3.63, 3.8) is 0 Å². The molecule has 24 heavy (non-hydrogen) atoms. The Hall–Kier alpha value is -3.02. The Labute approximate surface area is 139 Å². The van der Waals surface area contributed by atoms with Crippen molar-refractivity contribution < 1.29 is 23.8 Å². The zero-order valence-corrected chi connectivity index (χ0v) is 13.2. The number of ether oxygens (including phenoxy) is 3. The maximum Gasteiger partial charge on any atom is 0.348 e. The lowest BCUT2D eigenvalue weighted by Gasteiger charge is -2.33. The second kappa shape index (κ2) is 7.04. The van der Waals surface area contributed by atoms with Gasteiger partial charge in [0.2, 0.25) is 6.10 Å². The molecule has 0 saturated heterocycles. The average molecular weight is 327 g/mol. The van der Waals surface area contributed by atoms with Gasteiger partial charge in [0.05, 0.1) is 19.3 Å². The van der Waals surface area contributed by atoms with Crippen LogP contribution in [0.1, 0.15) is 0 Å². The number of benzene rings is 2. The van der Waals surface area contributed by atoms with Gasteiger partial charge < -0.3 is 19.1 Å². The Morgan fingerprint density at radius 2 is 1.83 bits per heavy atom. The lowest BCUT2D eigenvalue weighted by molar-refractivity contribution is -0.148. The number of carbonyl (C=O) groups excluding carboxylic acids is 2. The van der Waals surface area contributed by atoms with Crippen LogP contribution in [0.25, 0.3) is 0 Å². The molecule has 0 N–H and O–H groups in total. The van der Waals surface area contributed by atoms with E-state index in [0.717, 1.165) is 0 Å². The molecule has 0 unspecified atom stereocenters. The molecular weight excluding hydrogens is 310 g/mol. The summed E-state index contributed by atoms with van der Waals surface area (Å²) in [6, 6.07) is 16.1. The van der Waals surface area contributed by atoms with Gasteiger partial charge >= 0.3 is 5.97 Å². The minimum absolute atomic E-state index is 0.0840. The number of amides is 1. The molecule has 2 aromatic carbocycles. The maximum absolute atomic E-state index is 12.6. The number of carbonyl (C=O) groups is 2. The highest BCUT2D eigenvalue weighted by Gasteiger charge is 2.34. The largest absolute Gasteiger partial charge is 0.484 e. The first-order chi connectivity index (χ1) is 11.7.